The molecule has 0 amide bonds. The van der Waals surface area contributed by atoms with Crippen molar-refractivity contribution < 1.29 is 4.52 Å². The van der Waals surface area contributed by atoms with Gasteiger partial charge in [-0.15, -0.1) is 9.50 Å². The maximum Gasteiger partial charge on any atom is 0.289 e. The van der Waals surface area contributed by atoms with E-state index >= 15 is 0 Å². The molecule has 0 aliphatic carbocycles. The molecule has 0 saturated carbocycles. The molecular formula is C5H5N4+. The largest absolute Gasteiger partial charge is 0.289 e. The van der Waals surface area contributed by atoms with Gasteiger partial charge < -0.3 is 0 Å². The van der Waals surface area contributed by atoms with E-state index in [4.69, 9.17) is 0 Å². The third-order valence-electron chi connectivity index (χ3n) is 1.13. The van der Waals surface area contributed by atoms with E-state index in [0.717, 1.165) is 5.65 Å². The molecule has 0 fully saturated rings. The van der Waals surface area contributed by atoms with Crippen LogP contribution in [0.5, 0.6) is 0 Å². The quantitative estimate of drug-likeness (QED) is 0.479. The van der Waals surface area contributed by atoms with Crippen molar-refractivity contribution in [1.82, 2.24) is 15.1 Å². The summed E-state index contributed by atoms with van der Waals surface area (Å²) in [4.78, 5) is 7.86. The van der Waals surface area contributed by atoms with E-state index in [1.807, 2.05) is 6.07 Å². The van der Waals surface area contributed by atoms with Crippen LogP contribution in [0.25, 0.3) is 5.65 Å². The molecule has 0 unspecified atom stereocenters. The monoisotopic (exact) mass is 121 g/mol. The van der Waals surface area contributed by atoms with E-state index < -0.39 is 0 Å². The SMILES string of the molecule is c1cc2nc[nH][n+]2cn1. The Hall–Kier alpha value is -1.45. The zero-order valence-electron chi connectivity index (χ0n) is 4.65. The van der Waals surface area contributed by atoms with Gasteiger partial charge in [0.1, 0.15) is 6.20 Å². The highest BCUT2D eigenvalue weighted by molar-refractivity contribution is 5.23. The Morgan fingerprint density at radius 3 is 3.44 bits per heavy atom. The number of rotatable bonds is 0. The molecule has 4 heteroatoms. The molecular weight excluding hydrogens is 116 g/mol. The molecule has 0 aliphatic rings. The Labute approximate surface area is 51.2 Å². The normalized spacial score (nSPS) is 10.2. The summed E-state index contributed by atoms with van der Waals surface area (Å²) in [5, 5.41) is 2.86. The summed E-state index contributed by atoms with van der Waals surface area (Å²) in [5.74, 6) is 0. The van der Waals surface area contributed by atoms with Gasteiger partial charge in [0.15, 0.2) is 6.33 Å². The summed E-state index contributed by atoms with van der Waals surface area (Å²) in [5.41, 5.74) is 0.880. The Morgan fingerprint density at radius 1 is 1.56 bits per heavy atom. The molecule has 9 heavy (non-hydrogen) atoms. The summed E-state index contributed by atoms with van der Waals surface area (Å²) in [7, 11) is 0. The van der Waals surface area contributed by atoms with Gasteiger partial charge in [-0.3, -0.25) is 0 Å². The molecule has 0 aliphatic heterocycles. The molecule has 44 valence electrons. The van der Waals surface area contributed by atoms with Crippen molar-refractivity contribution in [2.24, 2.45) is 0 Å². The molecule has 2 aromatic heterocycles. The van der Waals surface area contributed by atoms with Crippen LogP contribution in [0.1, 0.15) is 0 Å². The maximum absolute atomic E-state index is 3.99. The fourth-order valence-corrected chi connectivity index (χ4v) is 0.716. The van der Waals surface area contributed by atoms with Gasteiger partial charge in [-0.2, -0.15) is 0 Å². The van der Waals surface area contributed by atoms with E-state index in [-0.39, 0.29) is 0 Å². The van der Waals surface area contributed by atoms with Crippen molar-refractivity contribution in [3.05, 3.63) is 24.9 Å². The number of hydrogen-bond acceptors (Lipinski definition) is 2. The number of hydrogen-bond donors (Lipinski definition) is 1. The van der Waals surface area contributed by atoms with Gasteiger partial charge in [-0.1, -0.05) is 4.98 Å². The van der Waals surface area contributed by atoms with E-state index in [9.17, 15) is 0 Å². The minimum Gasteiger partial charge on any atom is -0.217 e. The van der Waals surface area contributed by atoms with Crippen LogP contribution in [0.4, 0.5) is 0 Å². The second-order valence-corrected chi connectivity index (χ2v) is 1.70. The number of aromatic amines is 1. The molecule has 2 aromatic rings. The number of H-pyrrole nitrogens is 1. The van der Waals surface area contributed by atoms with Crippen LogP contribution in [0, 0.1) is 0 Å². The lowest BCUT2D eigenvalue weighted by molar-refractivity contribution is -0.580. The molecule has 0 radical (unpaired) electrons. The first-order valence-electron chi connectivity index (χ1n) is 2.61. The fourth-order valence-electron chi connectivity index (χ4n) is 0.716. The van der Waals surface area contributed by atoms with Crippen LogP contribution >= 0.6 is 0 Å². The molecule has 0 saturated heterocycles. The smallest absolute Gasteiger partial charge is 0.217 e. The van der Waals surface area contributed by atoms with Crippen LogP contribution in [-0.2, 0) is 0 Å². The number of aromatic nitrogens is 4. The summed E-state index contributed by atoms with van der Waals surface area (Å²) in [6.45, 7) is 0. The molecule has 1 N–H and O–H groups in total. The van der Waals surface area contributed by atoms with E-state index in [2.05, 4.69) is 15.1 Å². The van der Waals surface area contributed by atoms with Crippen molar-refractivity contribution in [1.29, 1.82) is 0 Å². The summed E-state index contributed by atoms with van der Waals surface area (Å²) < 4.78 is 1.74. The zero-order chi connectivity index (χ0) is 6.10. The highest BCUT2D eigenvalue weighted by atomic mass is 15.3. The highest BCUT2D eigenvalue weighted by Gasteiger charge is 1.96. The first-order chi connectivity index (χ1) is 4.47. The number of nitrogens with zero attached hydrogens (tertiary/aromatic N) is 3. The Morgan fingerprint density at radius 2 is 2.56 bits per heavy atom. The molecule has 2 rings (SSSR count). The second kappa shape index (κ2) is 1.51. The van der Waals surface area contributed by atoms with Crippen LogP contribution in [0.2, 0.25) is 0 Å². The lowest BCUT2D eigenvalue weighted by Gasteiger charge is -1.75. The van der Waals surface area contributed by atoms with Gasteiger partial charge in [0, 0.05) is 0 Å². The average molecular weight is 121 g/mol. The van der Waals surface area contributed by atoms with Gasteiger partial charge >= 0.3 is 0 Å². The number of fused-ring (bicyclic) bond motifs is 1. The molecule has 0 bridgehead atoms. The van der Waals surface area contributed by atoms with Crippen LogP contribution in [0.3, 0.4) is 0 Å². The average Bonchev–Trinajstić information content (AvgIpc) is 2.33. The highest BCUT2D eigenvalue weighted by Crippen LogP contribution is 1.81. The lowest BCUT2D eigenvalue weighted by atomic mass is 10.6. The minimum absolute atomic E-state index is 0.880. The van der Waals surface area contributed by atoms with Crippen molar-refractivity contribution in [3.63, 3.8) is 0 Å². The summed E-state index contributed by atoms with van der Waals surface area (Å²) in [6.07, 6.45) is 5.00. The maximum atomic E-state index is 3.99. The third kappa shape index (κ3) is 0.561. The lowest BCUT2D eigenvalue weighted by Crippen LogP contribution is -2.22. The van der Waals surface area contributed by atoms with Gasteiger partial charge in [-0.05, 0) is 0 Å². The van der Waals surface area contributed by atoms with Crippen molar-refractivity contribution in [3.8, 4) is 0 Å². The Balaban J connectivity index is 2.95. The van der Waals surface area contributed by atoms with Crippen molar-refractivity contribution in [2.45, 2.75) is 0 Å². The van der Waals surface area contributed by atoms with Crippen LogP contribution < -0.4 is 4.52 Å². The Kier molecular flexibility index (Phi) is 0.745. The molecule has 0 aromatic carbocycles. The minimum atomic E-state index is 0.880. The van der Waals surface area contributed by atoms with Gasteiger partial charge in [0.05, 0.1) is 6.07 Å². The van der Waals surface area contributed by atoms with Crippen LogP contribution in [-0.4, -0.2) is 15.1 Å². The second-order valence-electron chi connectivity index (χ2n) is 1.70. The molecule has 0 atom stereocenters. The first-order valence-corrected chi connectivity index (χ1v) is 2.61. The van der Waals surface area contributed by atoms with E-state index in [0.29, 0.717) is 0 Å². The topological polar surface area (TPSA) is 45.7 Å². The first kappa shape index (κ1) is 4.43. The van der Waals surface area contributed by atoms with E-state index in [1.165, 1.54) is 0 Å². The standard InChI is InChI=1S/C5H4N4/c1-2-6-4-9-5(1)7-3-8-9/h1-4H/p+1. The summed E-state index contributed by atoms with van der Waals surface area (Å²) in [6, 6.07) is 1.83. The molecule has 2 heterocycles. The van der Waals surface area contributed by atoms with Gasteiger partial charge in [0.2, 0.25) is 6.33 Å². The molecule has 0 spiro atoms. The van der Waals surface area contributed by atoms with Gasteiger partial charge in [-0.25, -0.2) is 5.10 Å². The Bertz CT molecular complexity index is 283. The number of nitrogens with one attached hydrogen (secondary N) is 1. The van der Waals surface area contributed by atoms with Gasteiger partial charge in [0.25, 0.3) is 5.65 Å². The summed E-state index contributed by atoms with van der Waals surface area (Å²) >= 11 is 0. The zero-order valence-corrected chi connectivity index (χ0v) is 4.65. The van der Waals surface area contributed by atoms with E-state index in [1.54, 1.807) is 23.4 Å². The predicted octanol–water partition coefficient (Wildman–Crippen LogP) is -0.457. The van der Waals surface area contributed by atoms with Crippen molar-refractivity contribution >= 4 is 5.65 Å². The molecule has 4 nitrogen and oxygen atoms in total. The third-order valence-corrected chi connectivity index (χ3v) is 1.13. The predicted molar refractivity (Wildman–Crippen MR) is 29.5 cm³/mol. The van der Waals surface area contributed by atoms with Crippen molar-refractivity contribution in [2.75, 3.05) is 0 Å². The van der Waals surface area contributed by atoms with Crippen LogP contribution in [0.15, 0.2) is 24.9 Å². The fraction of sp³-hybridized carbons (Fsp3) is 0.